The van der Waals surface area contributed by atoms with Gasteiger partial charge in [0.05, 0.1) is 12.5 Å². The summed E-state index contributed by atoms with van der Waals surface area (Å²) in [5.41, 5.74) is 0. The maximum absolute atomic E-state index is 11.8. The van der Waals surface area contributed by atoms with E-state index in [9.17, 15) is 24.3 Å². The third kappa shape index (κ3) is 5.69. The topological polar surface area (TPSA) is 125 Å². The summed E-state index contributed by atoms with van der Waals surface area (Å²) in [4.78, 5) is 46.7. The molecule has 0 spiro atoms. The summed E-state index contributed by atoms with van der Waals surface area (Å²) < 4.78 is 21.5. The summed E-state index contributed by atoms with van der Waals surface area (Å²) in [5.74, 6) is -3.93. The molecule has 0 saturated carbocycles. The average molecular weight is 374 g/mol. The van der Waals surface area contributed by atoms with Crippen LogP contribution in [0.4, 0.5) is 0 Å². The van der Waals surface area contributed by atoms with Gasteiger partial charge in [0, 0.05) is 19.3 Å². The molecule has 0 bridgehead atoms. The zero-order valence-corrected chi connectivity index (χ0v) is 15.4. The van der Waals surface area contributed by atoms with Gasteiger partial charge in [0.25, 0.3) is 0 Å². The van der Waals surface area contributed by atoms with Gasteiger partial charge >= 0.3 is 23.9 Å². The molecule has 0 aromatic carbocycles. The van der Waals surface area contributed by atoms with E-state index in [1.54, 1.807) is 20.8 Å². The van der Waals surface area contributed by atoms with Crippen LogP contribution in [0.15, 0.2) is 0 Å². The minimum Gasteiger partial charge on any atom is -0.481 e. The van der Waals surface area contributed by atoms with E-state index in [0.29, 0.717) is 0 Å². The number of carboxylic acid groups (broad SMARTS) is 1. The highest BCUT2D eigenvalue weighted by Gasteiger charge is 2.50. The van der Waals surface area contributed by atoms with Crippen LogP contribution in [0.1, 0.15) is 47.0 Å². The first-order valence-corrected chi connectivity index (χ1v) is 8.67. The molecule has 5 atom stereocenters. The highest BCUT2D eigenvalue weighted by atomic mass is 16.6. The molecule has 0 amide bonds. The van der Waals surface area contributed by atoms with Crippen LogP contribution in [0.5, 0.6) is 0 Å². The van der Waals surface area contributed by atoms with Crippen molar-refractivity contribution in [2.75, 3.05) is 6.61 Å². The fourth-order valence-corrected chi connectivity index (χ4v) is 2.46. The highest BCUT2D eigenvalue weighted by Crippen LogP contribution is 2.29. The molecular formula is C17H26O9. The van der Waals surface area contributed by atoms with Crippen molar-refractivity contribution < 1.29 is 43.2 Å². The van der Waals surface area contributed by atoms with E-state index in [1.165, 1.54) is 6.92 Å². The Hall–Kier alpha value is -2.16. The normalized spacial score (nSPS) is 26.5. The Balaban J connectivity index is 3.19. The molecule has 1 fully saturated rings. The third-order valence-electron chi connectivity index (χ3n) is 4.03. The summed E-state index contributed by atoms with van der Waals surface area (Å²) in [7, 11) is 0. The molecule has 9 nitrogen and oxygen atoms in total. The summed E-state index contributed by atoms with van der Waals surface area (Å²) in [6.45, 7) is 5.98. The lowest BCUT2D eigenvalue weighted by molar-refractivity contribution is -0.234. The Kier molecular flexibility index (Phi) is 8.50. The molecule has 1 saturated heterocycles. The SMILES string of the molecule is CCC(=O)O[C@H]1[C@H](OC(=O)CC)C([C@@H](C)C(=O)O)OC[C@H]1OC(=O)CC. The molecule has 26 heavy (non-hydrogen) atoms. The van der Waals surface area contributed by atoms with E-state index in [2.05, 4.69) is 0 Å². The predicted octanol–water partition coefficient (Wildman–Crippen LogP) is 1.07. The lowest BCUT2D eigenvalue weighted by Gasteiger charge is -2.42. The molecule has 1 unspecified atom stereocenters. The second kappa shape index (κ2) is 10.1. The second-order valence-electron chi connectivity index (χ2n) is 5.92. The van der Waals surface area contributed by atoms with Gasteiger partial charge in [0.2, 0.25) is 0 Å². The molecule has 9 heteroatoms. The van der Waals surface area contributed by atoms with Gasteiger partial charge in [-0.3, -0.25) is 19.2 Å². The van der Waals surface area contributed by atoms with E-state index >= 15 is 0 Å². The van der Waals surface area contributed by atoms with Gasteiger partial charge in [-0.2, -0.15) is 0 Å². The molecule has 1 rings (SSSR count). The number of esters is 3. The smallest absolute Gasteiger partial charge is 0.309 e. The van der Waals surface area contributed by atoms with Crippen LogP contribution in [-0.4, -0.2) is 60.0 Å². The lowest BCUT2D eigenvalue weighted by atomic mass is 9.91. The van der Waals surface area contributed by atoms with Gasteiger partial charge < -0.3 is 24.1 Å². The Bertz CT molecular complexity index is 530. The van der Waals surface area contributed by atoms with Crippen LogP contribution in [0.3, 0.4) is 0 Å². The van der Waals surface area contributed by atoms with Gasteiger partial charge in [-0.15, -0.1) is 0 Å². The van der Waals surface area contributed by atoms with E-state index < -0.39 is 54.2 Å². The lowest BCUT2D eigenvalue weighted by Crippen LogP contribution is -2.60. The molecule has 0 aromatic heterocycles. The predicted molar refractivity (Wildman–Crippen MR) is 87.1 cm³/mol. The van der Waals surface area contributed by atoms with Crippen molar-refractivity contribution >= 4 is 23.9 Å². The van der Waals surface area contributed by atoms with Gasteiger partial charge in [0.15, 0.2) is 18.3 Å². The molecule has 0 aliphatic carbocycles. The third-order valence-corrected chi connectivity index (χ3v) is 4.03. The maximum Gasteiger partial charge on any atom is 0.309 e. The quantitative estimate of drug-likeness (QED) is 0.490. The van der Waals surface area contributed by atoms with Gasteiger partial charge in [0.1, 0.15) is 6.10 Å². The number of aliphatic carboxylic acids is 1. The Morgan fingerprint density at radius 1 is 0.923 bits per heavy atom. The standard InChI is InChI=1S/C17H26O9/c1-5-11(18)24-10-8-23-14(9(4)17(21)22)16(26-13(20)7-3)15(10)25-12(19)6-2/h9-10,14-16H,5-8H2,1-4H3,(H,21,22)/t9-,10-,14?,15-,16-/m1/s1. The first-order valence-electron chi connectivity index (χ1n) is 8.67. The number of rotatable bonds is 8. The van der Waals surface area contributed by atoms with Crippen molar-refractivity contribution in [3.63, 3.8) is 0 Å². The zero-order chi connectivity index (χ0) is 19.9. The van der Waals surface area contributed by atoms with Gasteiger partial charge in [-0.1, -0.05) is 20.8 Å². The minimum atomic E-state index is -1.20. The van der Waals surface area contributed by atoms with E-state index in [0.717, 1.165) is 0 Å². The van der Waals surface area contributed by atoms with Crippen molar-refractivity contribution in [3.05, 3.63) is 0 Å². The fourth-order valence-electron chi connectivity index (χ4n) is 2.46. The van der Waals surface area contributed by atoms with Gasteiger partial charge in [-0.05, 0) is 6.92 Å². The Morgan fingerprint density at radius 2 is 1.38 bits per heavy atom. The van der Waals surface area contributed by atoms with Crippen LogP contribution in [0.25, 0.3) is 0 Å². The highest BCUT2D eigenvalue weighted by molar-refractivity contribution is 5.72. The first-order chi connectivity index (χ1) is 12.2. The number of hydrogen-bond acceptors (Lipinski definition) is 8. The van der Waals surface area contributed by atoms with Crippen LogP contribution >= 0.6 is 0 Å². The monoisotopic (exact) mass is 374 g/mol. The molecule has 1 heterocycles. The number of carbonyl (C=O) groups is 4. The average Bonchev–Trinajstić information content (AvgIpc) is 2.62. The van der Waals surface area contributed by atoms with Crippen LogP contribution in [0.2, 0.25) is 0 Å². The second-order valence-corrected chi connectivity index (χ2v) is 5.92. The van der Waals surface area contributed by atoms with Crippen molar-refractivity contribution in [3.8, 4) is 0 Å². The Morgan fingerprint density at radius 3 is 1.85 bits per heavy atom. The van der Waals surface area contributed by atoms with Crippen molar-refractivity contribution in [1.29, 1.82) is 0 Å². The van der Waals surface area contributed by atoms with E-state index in [1.807, 2.05) is 0 Å². The van der Waals surface area contributed by atoms with E-state index in [-0.39, 0.29) is 25.9 Å². The molecule has 148 valence electrons. The molecule has 0 radical (unpaired) electrons. The number of hydrogen-bond donors (Lipinski definition) is 1. The fraction of sp³-hybridized carbons (Fsp3) is 0.765. The summed E-state index contributed by atoms with van der Waals surface area (Å²) >= 11 is 0. The Labute approximate surface area is 151 Å². The summed E-state index contributed by atoms with van der Waals surface area (Å²) in [6.07, 6.45) is -4.20. The van der Waals surface area contributed by atoms with Crippen LogP contribution < -0.4 is 0 Å². The largest absolute Gasteiger partial charge is 0.481 e. The minimum absolute atomic E-state index is 0.0402. The molecule has 0 aromatic rings. The zero-order valence-electron chi connectivity index (χ0n) is 15.4. The van der Waals surface area contributed by atoms with E-state index in [4.69, 9.17) is 18.9 Å². The molecule has 1 aliphatic heterocycles. The maximum atomic E-state index is 11.8. The summed E-state index contributed by atoms with van der Waals surface area (Å²) in [5, 5.41) is 9.29. The van der Waals surface area contributed by atoms with Gasteiger partial charge in [-0.25, -0.2) is 0 Å². The number of carbonyl (C=O) groups excluding carboxylic acids is 3. The van der Waals surface area contributed by atoms with Crippen molar-refractivity contribution in [2.45, 2.75) is 71.4 Å². The molecular weight excluding hydrogens is 348 g/mol. The molecule has 1 N–H and O–H groups in total. The van der Waals surface area contributed by atoms with Crippen molar-refractivity contribution in [1.82, 2.24) is 0 Å². The van der Waals surface area contributed by atoms with Crippen LogP contribution in [0, 0.1) is 5.92 Å². The van der Waals surface area contributed by atoms with Crippen LogP contribution in [-0.2, 0) is 38.1 Å². The number of carboxylic acids is 1. The number of ether oxygens (including phenoxy) is 4. The summed E-state index contributed by atoms with van der Waals surface area (Å²) in [6, 6.07) is 0. The first kappa shape index (κ1) is 21.9. The molecule has 1 aliphatic rings. The van der Waals surface area contributed by atoms with Crippen molar-refractivity contribution in [2.24, 2.45) is 5.92 Å².